The molecule has 0 aliphatic carbocycles. The monoisotopic (exact) mass is 731 g/mol. The van der Waals surface area contributed by atoms with Gasteiger partial charge in [-0.2, -0.15) is 0 Å². The molecule has 0 amide bonds. The highest BCUT2D eigenvalue weighted by Gasteiger charge is 2.23. The molecule has 11 rings (SSSR count). The molecule has 268 valence electrons. The lowest BCUT2D eigenvalue weighted by atomic mass is 10.0. The van der Waals surface area contributed by atoms with Gasteiger partial charge in [0.2, 0.25) is 0 Å². The van der Waals surface area contributed by atoms with Crippen molar-refractivity contribution in [1.29, 1.82) is 0 Å². The largest absolute Gasteiger partial charge is 0.292 e. The second-order valence-corrected chi connectivity index (χ2v) is 14.0. The third kappa shape index (κ3) is 5.52. The first kappa shape index (κ1) is 32.5. The van der Waals surface area contributed by atoms with Crippen molar-refractivity contribution >= 4 is 33.1 Å². The predicted molar refractivity (Wildman–Crippen MR) is 230 cm³/mol. The molecule has 0 spiro atoms. The van der Waals surface area contributed by atoms with E-state index in [9.17, 15) is 0 Å². The Labute approximate surface area is 328 Å². The molecule has 57 heavy (non-hydrogen) atoms. The zero-order valence-electron chi connectivity index (χ0n) is 30.7. The number of fused-ring (bicyclic) bond motifs is 3. The van der Waals surface area contributed by atoms with Crippen molar-refractivity contribution < 1.29 is 0 Å². The molecule has 0 atom stereocenters. The smallest absolute Gasteiger partial charge is 0.146 e. The number of pyridine rings is 1. The highest BCUT2D eigenvalue weighted by molar-refractivity contribution is 5.89. The Morgan fingerprint density at radius 2 is 0.632 bits per heavy atom. The van der Waals surface area contributed by atoms with Crippen LogP contribution in [0.3, 0.4) is 0 Å². The Bertz CT molecular complexity index is 3100. The average molecular weight is 732 g/mol. The van der Waals surface area contributed by atoms with E-state index in [2.05, 4.69) is 153 Å². The summed E-state index contributed by atoms with van der Waals surface area (Å²) in [5.74, 6) is 3.97. The van der Waals surface area contributed by atoms with E-state index in [1.165, 1.54) is 0 Å². The Morgan fingerprint density at radius 1 is 0.281 bits per heavy atom. The molecule has 7 nitrogen and oxygen atoms in total. The molecule has 0 saturated heterocycles. The maximum absolute atomic E-state index is 5.55. The molecule has 11 aromatic rings. The van der Waals surface area contributed by atoms with Crippen LogP contribution in [0.4, 0.5) is 0 Å². The van der Waals surface area contributed by atoms with E-state index in [0.29, 0.717) is 0 Å². The molecule has 0 unspecified atom stereocenters. The Kier molecular flexibility index (Phi) is 7.67. The van der Waals surface area contributed by atoms with E-state index >= 15 is 0 Å². The first-order valence-electron chi connectivity index (χ1n) is 19.0. The summed E-state index contributed by atoms with van der Waals surface area (Å²) in [6, 6.07) is 68.9. The molecule has 4 heterocycles. The zero-order valence-corrected chi connectivity index (χ0v) is 30.7. The Balaban J connectivity index is 1.24. The van der Waals surface area contributed by atoms with Gasteiger partial charge in [-0.05, 0) is 60.2 Å². The van der Waals surface area contributed by atoms with E-state index in [0.717, 1.165) is 95.7 Å². The molecule has 0 saturated carbocycles. The number of hydrogen-bond donors (Lipinski definition) is 0. The van der Waals surface area contributed by atoms with Crippen molar-refractivity contribution in [2.45, 2.75) is 0 Å². The summed E-state index contributed by atoms with van der Waals surface area (Å²) in [7, 11) is 0. The number of hydrogen-bond acceptors (Lipinski definition) is 4. The van der Waals surface area contributed by atoms with Crippen LogP contribution in [0.1, 0.15) is 0 Å². The molecule has 0 aliphatic rings. The molecule has 0 fully saturated rings. The van der Waals surface area contributed by atoms with Gasteiger partial charge in [0.15, 0.2) is 0 Å². The normalized spacial score (nSPS) is 11.5. The highest BCUT2D eigenvalue weighted by Crippen LogP contribution is 2.38. The summed E-state index contributed by atoms with van der Waals surface area (Å²) in [5.41, 5.74) is 11.7. The number of rotatable bonds is 7. The van der Waals surface area contributed by atoms with Gasteiger partial charge in [-0.25, -0.2) is 19.9 Å². The lowest BCUT2D eigenvalue weighted by Gasteiger charge is -2.18. The van der Waals surface area contributed by atoms with Crippen LogP contribution in [0.25, 0.3) is 95.7 Å². The number of imidazole rings is 3. The van der Waals surface area contributed by atoms with Crippen LogP contribution in [-0.2, 0) is 0 Å². The summed E-state index contributed by atoms with van der Waals surface area (Å²) in [6.45, 7) is 0. The average Bonchev–Trinajstić information content (AvgIpc) is 3.99. The van der Waals surface area contributed by atoms with Crippen LogP contribution in [-0.4, -0.2) is 33.6 Å². The van der Waals surface area contributed by atoms with Gasteiger partial charge in [0.25, 0.3) is 0 Å². The van der Waals surface area contributed by atoms with E-state index in [1.807, 2.05) is 60.7 Å². The van der Waals surface area contributed by atoms with Crippen molar-refractivity contribution in [2.75, 3.05) is 0 Å². The second kappa shape index (κ2) is 13.4. The van der Waals surface area contributed by atoms with Gasteiger partial charge < -0.3 is 0 Å². The zero-order chi connectivity index (χ0) is 37.7. The topological polar surface area (TPSA) is 66.3 Å². The molecule has 7 heteroatoms. The molecule has 0 radical (unpaired) electrons. The maximum Gasteiger partial charge on any atom is 0.146 e. The minimum Gasteiger partial charge on any atom is -0.292 e. The van der Waals surface area contributed by atoms with Crippen molar-refractivity contribution in [1.82, 2.24) is 33.6 Å². The maximum atomic E-state index is 5.55. The van der Waals surface area contributed by atoms with Crippen LogP contribution in [0.15, 0.2) is 200 Å². The van der Waals surface area contributed by atoms with Crippen LogP contribution in [0, 0.1) is 0 Å². The molecule has 4 aromatic heterocycles. The van der Waals surface area contributed by atoms with Gasteiger partial charge >= 0.3 is 0 Å². The van der Waals surface area contributed by atoms with Crippen LogP contribution in [0.5, 0.6) is 0 Å². The van der Waals surface area contributed by atoms with Gasteiger partial charge in [-0.15, -0.1) is 0 Å². The fourth-order valence-electron chi connectivity index (χ4n) is 7.93. The van der Waals surface area contributed by atoms with Crippen molar-refractivity contribution in [3.8, 4) is 62.6 Å². The van der Waals surface area contributed by atoms with E-state index in [4.69, 9.17) is 19.9 Å². The van der Waals surface area contributed by atoms with E-state index < -0.39 is 0 Å². The third-order valence-corrected chi connectivity index (χ3v) is 10.5. The molecular formula is C50H33N7. The second-order valence-electron chi connectivity index (χ2n) is 14.0. The van der Waals surface area contributed by atoms with Gasteiger partial charge in [-0.1, -0.05) is 146 Å². The number of para-hydroxylation sites is 7. The SMILES string of the molecule is c1ccc(-c2nc3ccccc3n2-c2cc(-c3ccccc3-n3c(-c4ccccc4)nc4ccccc43)cc(-n3c(-c4ccccc4)nc4ccccc43)n2)cc1. The molecular weight excluding hydrogens is 699 g/mol. The van der Waals surface area contributed by atoms with Crippen LogP contribution in [0.2, 0.25) is 0 Å². The van der Waals surface area contributed by atoms with Crippen molar-refractivity contribution in [3.63, 3.8) is 0 Å². The minimum absolute atomic E-state index is 0.737. The number of nitrogens with zero attached hydrogens (tertiary/aromatic N) is 7. The lowest BCUT2D eigenvalue weighted by molar-refractivity contribution is 0.972. The van der Waals surface area contributed by atoms with E-state index in [-0.39, 0.29) is 0 Å². The fourth-order valence-corrected chi connectivity index (χ4v) is 7.93. The lowest BCUT2D eigenvalue weighted by Crippen LogP contribution is -2.07. The summed E-state index contributed by atoms with van der Waals surface area (Å²) >= 11 is 0. The van der Waals surface area contributed by atoms with Gasteiger partial charge in [-0.3, -0.25) is 13.7 Å². The van der Waals surface area contributed by atoms with Gasteiger partial charge in [0, 0.05) is 22.3 Å². The summed E-state index contributed by atoms with van der Waals surface area (Å²) in [5, 5.41) is 0. The predicted octanol–water partition coefficient (Wildman–Crippen LogP) is 11.8. The summed E-state index contributed by atoms with van der Waals surface area (Å²) < 4.78 is 6.65. The molecule has 0 N–H and O–H groups in total. The van der Waals surface area contributed by atoms with Gasteiger partial charge in [0.1, 0.15) is 29.1 Å². The van der Waals surface area contributed by atoms with Gasteiger partial charge in [0.05, 0.1) is 38.8 Å². The molecule has 0 aliphatic heterocycles. The van der Waals surface area contributed by atoms with Crippen LogP contribution >= 0.6 is 0 Å². The fraction of sp³-hybridized carbons (Fsp3) is 0. The van der Waals surface area contributed by atoms with Crippen molar-refractivity contribution in [3.05, 3.63) is 200 Å². The van der Waals surface area contributed by atoms with E-state index in [1.54, 1.807) is 0 Å². The highest BCUT2D eigenvalue weighted by atomic mass is 15.2. The first-order valence-corrected chi connectivity index (χ1v) is 19.0. The quantitative estimate of drug-likeness (QED) is 0.164. The summed E-state index contributed by atoms with van der Waals surface area (Å²) in [4.78, 5) is 21.1. The van der Waals surface area contributed by atoms with Crippen LogP contribution < -0.4 is 0 Å². The minimum atomic E-state index is 0.737. The third-order valence-electron chi connectivity index (χ3n) is 10.5. The number of aromatic nitrogens is 7. The Morgan fingerprint density at radius 3 is 1.09 bits per heavy atom. The van der Waals surface area contributed by atoms with Crippen molar-refractivity contribution in [2.24, 2.45) is 0 Å². The Hall–Kier alpha value is -7.90. The summed E-state index contributed by atoms with van der Waals surface area (Å²) in [6.07, 6.45) is 0. The molecule has 7 aromatic carbocycles. The first-order chi connectivity index (χ1) is 28.3. The molecule has 0 bridgehead atoms. The number of benzene rings is 7. The standard InChI is InChI=1S/C50H33N7/c1-4-18-34(19-5-1)48-51-39-25-11-15-29-43(39)55(48)42-28-14-10-24-38(42)37-32-46(56-44-30-16-12-26-40(44)52-49(56)35-20-6-2-7-21-35)54-47(33-37)57-45-31-17-13-27-41(45)53-50(57)36-22-8-3-9-23-36/h1-33H.